The van der Waals surface area contributed by atoms with Crippen LogP contribution < -0.4 is 11.1 Å². The summed E-state index contributed by atoms with van der Waals surface area (Å²) in [7, 11) is 0. The molecule has 0 spiro atoms. The zero-order valence-corrected chi connectivity index (χ0v) is 14.7. The van der Waals surface area contributed by atoms with Gasteiger partial charge >= 0.3 is 5.97 Å². The summed E-state index contributed by atoms with van der Waals surface area (Å²) in [4.78, 5) is 24.0. The van der Waals surface area contributed by atoms with Gasteiger partial charge in [0.2, 0.25) is 0 Å². The number of hydrogen-bond donors (Lipinski definition) is 2. The topological polar surface area (TPSA) is 81.4 Å². The molecule has 0 fully saturated rings. The number of amides is 1. The molecule has 24 heavy (non-hydrogen) atoms. The summed E-state index contributed by atoms with van der Waals surface area (Å²) in [6.45, 7) is 3.40. The molecule has 1 amide bonds. The molecule has 2 rings (SSSR count). The fourth-order valence-electron chi connectivity index (χ4n) is 2.21. The van der Waals surface area contributed by atoms with Crippen LogP contribution in [0.15, 0.2) is 30.3 Å². The van der Waals surface area contributed by atoms with Crippen molar-refractivity contribution >= 4 is 46.5 Å². The molecule has 0 bridgehead atoms. The van der Waals surface area contributed by atoms with Crippen molar-refractivity contribution in [3.05, 3.63) is 57.1 Å². The number of esters is 1. The quantitative estimate of drug-likeness (QED) is 0.633. The summed E-state index contributed by atoms with van der Waals surface area (Å²) < 4.78 is 4.97. The average molecular weight is 367 g/mol. The maximum absolute atomic E-state index is 12.0. The Labute approximate surface area is 149 Å². The highest BCUT2D eigenvalue weighted by Gasteiger charge is 2.16. The molecule has 2 aromatic rings. The number of aryl methyl sites for hydroxylation is 2. The normalized spacial score (nSPS) is 10.3. The smallest absolute Gasteiger partial charge is 0.340 e. The molecular formula is C17H16Cl2N2O3. The van der Waals surface area contributed by atoms with Crippen molar-refractivity contribution in [2.75, 3.05) is 17.7 Å². The summed E-state index contributed by atoms with van der Waals surface area (Å²) in [5.41, 5.74) is 8.47. The molecule has 2 aromatic carbocycles. The summed E-state index contributed by atoms with van der Waals surface area (Å²) in [6, 6.07) is 8.39. The lowest BCUT2D eigenvalue weighted by atomic mass is 10.1. The number of rotatable bonds is 4. The van der Waals surface area contributed by atoms with E-state index >= 15 is 0 Å². The summed E-state index contributed by atoms with van der Waals surface area (Å²) in [5.74, 6) is -1.23. The van der Waals surface area contributed by atoms with E-state index in [2.05, 4.69) is 5.32 Å². The molecule has 5 nitrogen and oxygen atoms in total. The number of carbonyl (C=O) groups excluding carboxylic acids is 2. The van der Waals surface area contributed by atoms with Crippen molar-refractivity contribution in [1.29, 1.82) is 0 Å². The van der Waals surface area contributed by atoms with E-state index in [-0.39, 0.29) is 21.3 Å². The van der Waals surface area contributed by atoms with Crippen LogP contribution in [-0.2, 0) is 9.53 Å². The van der Waals surface area contributed by atoms with E-state index in [1.807, 2.05) is 32.0 Å². The Balaban J connectivity index is 2.00. The minimum atomic E-state index is -0.771. The minimum absolute atomic E-state index is 0.0201. The van der Waals surface area contributed by atoms with Gasteiger partial charge in [-0.05, 0) is 49.2 Å². The lowest BCUT2D eigenvalue weighted by Gasteiger charge is -2.10. The first kappa shape index (κ1) is 18.1. The molecule has 0 radical (unpaired) electrons. The fourth-order valence-corrected chi connectivity index (χ4v) is 2.70. The van der Waals surface area contributed by atoms with Crippen LogP contribution in [0.5, 0.6) is 0 Å². The third-order valence-electron chi connectivity index (χ3n) is 3.15. The number of nitrogens with two attached hydrogens (primary N) is 1. The van der Waals surface area contributed by atoms with Crippen LogP contribution in [0.25, 0.3) is 0 Å². The number of carbonyl (C=O) groups is 2. The van der Waals surface area contributed by atoms with Crippen molar-refractivity contribution in [3.8, 4) is 0 Å². The van der Waals surface area contributed by atoms with Crippen LogP contribution in [0, 0.1) is 13.8 Å². The Morgan fingerprint density at radius 1 is 1.08 bits per heavy atom. The summed E-state index contributed by atoms with van der Waals surface area (Å²) in [6.07, 6.45) is 0. The predicted octanol–water partition coefficient (Wildman–Crippen LogP) is 3.99. The number of halogens is 2. The lowest BCUT2D eigenvalue weighted by molar-refractivity contribution is -0.119. The Bertz CT molecular complexity index is 786. The van der Waals surface area contributed by atoms with Crippen molar-refractivity contribution in [3.63, 3.8) is 0 Å². The standard InChI is InChI=1S/C17H16Cl2N2O3/c1-9-3-10(2)5-12(4-9)21-15(22)8-24-17(23)13-6-11(18)7-14(19)16(13)20/h3-7H,8,20H2,1-2H3,(H,21,22). The van der Waals surface area contributed by atoms with Gasteiger partial charge < -0.3 is 15.8 Å². The van der Waals surface area contributed by atoms with Gasteiger partial charge in [-0.1, -0.05) is 29.3 Å². The first-order chi connectivity index (χ1) is 11.3. The number of hydrogen-bond acceptors (Lipinski definition) is 4. The second-order valence-corrected chi connectivity index (χ2v) is 6.19. The molecule has 0 aliphatic heterocycles. The predicted molar refractivity (Wildman–Crippen MR) is 95.7 cm³/mol. The molecule has 0 heterocycles. The molecule has 3 N–H and O–H groups in total. The van der Waals surface area contributed by atoms with Gasteiger partial charge in [-0.15, -0.1) is 0 Å². The molecule has 126 valence electrons. The SMILES string of the molecule is Cc1cc(C)cc(NC(=O)COC(=O)c2cc(Cl)cc(Cl)c2N)c1. The van der Waals surface area contributed by atoms with Gasteiger partial charge in [-0.25, -0.2) is 4.79 Å². The highest BCUT2D eigenvalue weighted by molar-refractivity contribution is 6.37. The number of anilines is 2. The van der Waals surface area contributed by atoms with Gasteiger partial charge in [-0.3, -0.25) is 4.79 Å². The summed E-state index contributed by atoms with van der Waals surface area (Å²) in [5, 5.41) is 3.07. The van der Waals surface area contributed by atoms with Crippen molar-refractivity contribution < 1.29 is 14.3 Å². The average Bonchev–Trinajstić information content (AvgIpc) is 2.47. The molecule has 0 saturated heterocycles. The first-order valence-corrected chi connectivity index (χ1v) is 7.81. The van der Waals surface area contributed by atoms with E-state index in [9.17, 15) is 9.59 Å². The van der Waals surface area contributed by atoms with E-state index < -0.39 is 18.5 Å². The third-order valence-corrected chi connectivity index (χ3v) is 3.68. The second-order valence-electron chi connectivity index (χ2n) is 5.35. The van der Waals surface area contributed by atoms with Gasteiger partial charge in [0.25, 0.3) is 5.91 Å². The number of nitrogen functional groups attached to an aromatic ring is 1. The number of benzene rings is 2. The molecular weight excluding hydrogens is 351 g/mol. The van der Waals surface area contributed by atoms with Crippen LogP contribution in [0.4, 0.5) is 11.4 Å². The highest BCUT2D eigenvalue weighted by Crippen LogP contribution is 2.28. The molecule has 7 heteroatoms. The van der Waals surface area contributed by atoms with Crippen LogP contribution in [0.3, 0.4) is 0 Å². The first-order valence-electron chi connectivity index (χ1n) is 7.06. The van der Waals surface area contributed by atoms with E-state index in [4.69, 9.17) is 33.7 Å². The third kappa shape index (κ3) is 4.63. The highest BCUT2D eigenvalue weighted by atomic mass is 35.5. The van der Waals surface area contributed by atoms with E-state index in [0.717, 1.165) is 11.1 Å². The van der Waals surface area contributed by atoms with Crippen molar-refractivity contribution in [1.82, 2.24) is 0 Å². The van der Waals surface area contributed by atoms with Gasteiger partial charge in [0.15, 0.2) is 6.61 Å². The molecule has 0 saturated carbocycles. The Morgan fingerprint density at radius 3 is 2.33 bits per heavy atom. The van der Waals surface area contributed by atoms with Crippen molar-refractivity contribution in [2.45, 2.75) is 13.8 Å². The summed E-state index contributed by atoms with van der Waals surface area (Å²) >= 11 is 11.7. The van der Waals surface area contributed by atoms with Gasteiger partial charge in [0, 0.05) is 10.7 Å². The largest absolute Gasteiger partial charge is 0.452 e. The zero-order chi connectivity index (χ0) is 17.9. The van der Waals surface area contributed by atoms with Gasteiger partial charge in [0.05, 0.1) is 16.3 Å². The maximum atomic E-state index is 12.0. The fraction of sp³-hybridized carbons (Fsp3) is 0.176. The second kappa shape index (κ2) is 7.55. The molecule has 0 unspecified atom stereocenters. The van der Waals surface area contributed by atoms with Crippen LogP contribution in [-0.4, -0.2) is 18.5 Å². The molecule has 0 aliphatic rings. The van der Waals surface area contributed by atoms with Gasteiger partial charge in [0.1, 0.15) is 0 Å². The van der Waals surface area contributed by atoms with Crippen LogP contribution >= 0.6 is 23.2 Å². The number of nitrogens with one attached hydrogen (secondary N) is 1. The Kier molecular flexibility index (Phi) is 5.70. The van der Waals surface area contributed by atoms with Crippen LogP contribution in [0.2, 0.25) is 10.0 Å². The monoisotopic (exact) mass is 366 g/mol. The molecule has 0 atom stereocenters. The van der Waals surface area contributed by atoms with E-state index in [0.29, 0.717) is 5.69 Å². The molecule has 0 aromatic heterocycles. The number of ether oxygens (including phenoxy) is 1. The van der Waals surface area contributed by atoms with Crippen LogP contribution in [0.1, 0.15) is 21.5 Å². The Hall–Kier alpha value is -2.24. The Morgan fingerprint density at radius 2 is 1.71 bits per heavy atom. The van der Waals surface area contributed by atoms with E-state index in [1.165, 1.54) is 12.1 Å². The van der Waals surface area contributed by atoms with E-state index in [1.54, 1.807) is 0 Å². The minimum Gasteiger partial charge on any atom is -0.452 e. The lowest BCUT2D eigenvalue weighted by Crippen LogP contribution is -2.21. The van der Waals surface area contributed by atoms with Crippen molar-refractivity contribution in [2.24, 2.45) is 0 Å². The zero-order valence-electron chi connectivity index (χ0n) is 13.2. The molecule has 0 aliphatic carbocycles. The van der Waals surface area contributed by atoms with Gasteiger partial charge in [-0.2, -0.15) is 0 Å². The maximum Gasteiger partial charge on any atom is 0.340 e.